The summed E-state index contributed by atoms with van der Waals surface area (Å²) in [5.41, 5.74) is 11.9. The molecule has 41 nitrogen and oxygen atoms in total. The number of hydroxylamine groups is 4. The van der Waals surface area contributed by atoms with Crippen LogP contribution < -0.4 is 80.6 Å². The molecule has 2 heterocycles. The highest BCUT2D eigenvalue weighted by molar-refractivity contribution is 6.00. The van der Waals surface area contributed by atoms with Crippen molar-refractivity contribution in [1.82, 2.24) is 79.2 Å². The summed E-state index contributed by atoms with van der Waals surface area (Å²) in [4.78, 5) is 198. The Kier molecular flexibility index (Phi) is 37.9. The third-order valence-corrected chi connectivity index (χ3v) is 15.2. The Labute approximate surface area is 566 Å². The number of aliphatic imine (C=N–C) groups is 1. The third-order valence-electron chi connectivity index (χ3n) is 15.2. The summed E-state index contributed by atoms with van der Waals surface area (Å²) in [5.74, 6) is -12.9. The zero-order valence-corrected chi connectivity index (χ0v) is 54.2. The number of nitrogens with two attached hydrogens (primary N) is 2. The topological polar surface area (TPSA) is 645 Å². The molecule has 11 atom stereocenters. The summed E-state index contributed by atoms with van der Waals surface area (Å²) in [6, 6.07) is -10.1. The minimum Gasteiger partial charge on any atom is -0.508 e. The second kappa shape index (κ2) is 44.9. The van der Waals surface area contributed by atoms with Crippen molar-refractivity contribution in [1.29, 1.82) is 0 Å². The summed E-state index contributed by atoms with van der Waals surface area (Å²) in [6.07, 6.45) is -0.140. The normalized spacial score (nSPS) is 18.5. The van der Waals surface area contributed by atoms with Crippen molar-refractivity contribution in [3.63, 3.8) is 0 Å². The molecule has 552 valence electrons. The lowest BCUT2D eigenvalue weighted by Crippen LogP contribution is -2.60. The fraction of sp³-hybridized carbons (Fsp3) is 0.621. The number of benzene rings is 1. The van der Waals surface area contributed by atoms with E-state index in [0.717, 1.165) is 0 Å². The van der Waals surface area contributed by atoms with Crippen molar-refractivity contribution in [3.8, 4) is 5.75 Å². The van der Waals surface area contributed by atoms with Crippen molar-refractivity contribution in [2.24, 2.45) is 16.5 Å². The molecule has 0 saturated carbocycles. The SMILES string of the molecule is NCCCCC(NC(=O)C(CO)NC(=O)C1CCN=C(C(Cc2ccc(O)cc2)NC(=O)CCC(N)C(=O)O)N1)C(=O)NCC(=O)NC(CCCN(O)C=O)C(=O)NC(CO)C(=O)NC(CO)C(=O)NCC(=O)NC1CCCCNC(=O)C(CO)NC(=O)C(CCCN(O)C=O)NC1=O. The first-order chi connectivity index (χ1) is 47.2. The molecule has 11 unspecified atom stereocenters. The molecule has 0 aromatic heterocycles. The van der Waals surface area contributed by atoms with Gasteiger partial charge in [-0.1, -0.05) is 12.1 Å². The number of carbonyl (C=O) groups is 15. The Hall–Kier alpha value is -9.78. The van der Waals surface area contributed by atoms with Gasteiger partial charge in [-0.25, -0.2) is 10.1 Å². The van der Waals surface area contributed by atoms with Crippen molar-refractivity contribution < 1.29 is 113 Å². The van der Waals surface area contributed by atoms with E-state index in [4.69, 9.17) is 11.5 Å². The summed E-state index contributed by atoms with van der Waals surface area (Å²) in [5, 5.41) is 110. The number of nitrogens with zero attached hydrogens (tertiary/aromatic N) is 3. The first-order valence-corrected chi connectivity index (χ1v) is 31.8. The Bertz CT molecular complexity index is 2930. The zero-order chi connectivity index (χ0) is 73.6. The molecule has 1 aromatic rings. The predicted octanol–water partition coefficient (Wildman–Crippen LogP) is -10.9. The van der Waals surface area contributed by atoms with Gasteiger partial charge in [0.2, 0.25) is 83.7 Å². The molecule has 25 N–H and O–H groups in total. The molecular formula is C58H92N18O23. The van der Waals surface area contributed by atoms with Gasteiger partial charge in [-0.2, -0.15) is 0 Å². The largest absolute Gasteiger partial charge is 0.508 e. The van der Waals surface area contributed by atoms with Crippen LogP contribution in [-0.2, 0) is 78.3 Å². The van der Waals surface area contributed by atoms with E-state index in [0.29, 0.717) is 12.0 Å². The second-order valence-electron chi connectivity index (χ2n) is 22.9. The summed E-state index contributed by atoms with van der Waals surface area (Å²) >= 11 is 0. The van der Waals surface area contributed by atoms with Gasteiger partial charge in [0.1, 0.15) is 72.0 Å². The molecule has 0 aliphatic carbocycles. The molecule has 0 spiro atoms. The maximum atomic E-state index is 13.8. The molecule has 99 heavy (non-hydrogen) atoms. The number of aliphatic carboxylic acids is 1. The Morgan fingerprint density at radius 3 is 1.78 bits per heavy atom. The van der Waals surface area contributed by atoms with Crippen molar-refractivity contribution in [3.05, 3.63) is 29.8 Å². The van der Waals surface area contributed by atoms with Crippen LogP contribution in [0.3, 0.4) is 0 Å². The average molecular weight is 1410 g/mol. The van der Waals surface area contributed by atoms with Crippen LogP contribution in [0.25, 0.3) is 0 Å². The number of phenolic OH excluding ortho intramolecular Hbond substituents is 1. The highest BCUT2D eigenvalue weighted by atomic mass is 16.5. The Morgan fingerprint density at radius 2 is 1.17 bits per heavy atom. The van der Waals surface area contributed by atoms with Gasteiger partial charge in [0.25, 0.3) is 0 Å². The smallest absolute Gasteiger partial charge is 0.320 e. The standard InChI is InChI=1S/C58H92N18O23/c59-18-3-1-7-35(69-56(94)43(28-79)74-55(93)39-17-20-61-48(68-39)40(23-32-11-13-33(83)14-12-32)67-45(84)16-15-34(60)58(96)97)49(87)63-24-46(85)66-37(9-5-21-75(98)30-81)53(91)73-44(29-80)57(95)72-42(27-78)51(89)64-25-47(86)65-36-8-2-4-19-62-50(88)41(26-77)71-54(92)38(70-52(36)90)10-6-22-76(99)31-82/h11-14,30-31,34-44,77-80,83,98-99H,1-10,15-29,59-60H2,(H,61,68)(H,62,88)(H,63,87)(H,64,89)(H,65,86)(H,66,85)(H,67,84)(H,69,94)(H,70,90)(H,71,92)(H,72,95)(H,73,91)(H,74,93)(H,96,97). The van der Waals surface area contributed by atoms with Crippen LogP contribution in [-0.4, -0.2) is 285 Å². The van der Waals surface area contributed by atoms with Gasteiger partial charge in [0.05, 0.1) is 45.6 Å². The van der Waals surface area contributed by atoms with E-state index in [1.165, 1.54) is 12.1 Å². The zero-order valence-electron chi connectivity index (χ0n) is 54.2. The van der Waals surface area contributed by atoms with Gasteiger partial charge in [0, 0.05) is 32.6 Å². The number of carboxylic acids is 1. The molecule has 0 radical (unpaired) electrons. The van der Waals surface area contributed by atoms with Crippen LogP contribution in [0.5, 0.6) is 5.75 Å². The van der Waals surface area contributed by atoms with Crippen LogP contribution >= 0.6 is 0 Å². The number of aliphatic hydroxyl groups is 4. The predicted molar refractivity (Wildman–Crippen MR) is 340 cm³/mol. The fourth-order valence-corrected chi connectivity index (χ4v) is 9.66. The highest BCUT2D eigenvalue weighted by Gasteiger charge is 2.35. The van der Waals surface area contributed by atoms with E-state index in [1.54, 1.807) is 12.1 Å². The molecule has 41 heteroatoms. The van der Waals surface area contributed by atoms with Crippen LogP contribution in [0.2, 0.25) is 0 Å². The molecular weight excluding hydrogens is 1320 g/mol. The molecule has 1 saturated heterocycles. The van der Waals surface area contributed by atoms with Crippen molar-refractivity contribution >= 4 is 95.5 Å². The van der Waals surface area contributed by atoms with Crippen molar-refractivity contribution in [2.75, 3.05) is 72.2 Å². The quantitative estimate of drug-likeness (QED) is 0.0125. The highest BCUT2D eigenvalue weighted by Crippen LogP contribution is 2.15. The monoisotopic (exact) mass is 1410 g/mol. The number of carbonyl (C=O) groups excluding carboxylic acids is 14. The number of hydrogen-bond donors (Lipinski definition) is 23. The number of aromatic hydroxyl groups is 1. The lowest BCUT2D eigenvalue weighted by atomic mass is 10.0. The summed E-state index contributed by atoms with van der Waals surface area (Å²) < 4.78 is 0. The first-order valence-electron chi connectivity index (χ1n) is 31.8. The maximum Gasteiger partial charge on any atom is 0.320 e. The van der Waals surface area contributed by atoms with Crippen LogP contribution in [0.15, 0.2) is 29.3 Å². The van der Waals surface area contributed by atoms with Gasteiger partial charge < -0.3 is 111 Å². The van der Waals surface area contributed by atoms with Crippen molar-refractivity contribution in [2.45, 2.75) is 156 Å². The first kappa shape index (κ1) is 83.4. The molecule has 1 fully saturated rings. The Balaban J connectivity index is 1.67. The van der Waals surface area contributed by atoms with E-state index >= 15 is 0 Å². The summed E-state index contributed by atoms with van der Waals surface area (Å²) in [7, 11) is 0. The summed E-state index contributed by atoms with van der Waals surface area (Å²) in [6.45, 7) is -6.28. The molecule has 2 aliphatic rings. The second-order valence-corrected chi connectivity index (χ2v) is 22.9. The number of phenols is 1. The van der Waals surface area contributed by atoms with Gasteiger partial charge in [0.15, 0.2) is 0 Å². The van der Waals surface area contributed by atoms with E-state index < -0.39 is 189 Å². The van der Waals surface area contributed by atoms with Gasteiger partial charge in [-0.05, 0) is 108 Å². The molecule has 14 amide bonds. The lowest BCUT2D eigenvalue weighted by molar-refractivity contribution is -0.150. The number of rotatable bonds is 42. The van der Waals surface area contributed by atoms with E-state index in [9.17, 15) is 113 Å². The maximum absolute atomic E-state index is 13.8. The number of amidine groups is 1. The van der Waals surface area contributed by atoms with Gasteiger partial charge in [-0.3, -0.25) is 87.3 Å². The van der Waals surface area contributed by atoms with E-state index in [-0.39, 0.29) is 144 Å². The van der Waals surface area contributed by atoms with Crippen LogP contribution in [0, 0.1) is 0 Å². The molecule has 0 bridgehead atoms. The van der Waals surface area contributed by atoms with E-state index in [1.807, 2.05) is 0 Å². The van der Waals surface area contributed by atoms with Gasteiger partial charge >= 0.3 is 5.97 Å². The number of hydrogen-bond acceptors (Lipinski definition) is 26. The lowest BCUT2D eigenvalue weighted by Gasteiger charge is -2.30. The molecule has 1 aromatic carbocycles. The Morgan fingerprint density at radius 1 is 0.616 bits per heavy atom. The van der Waals surface area contributed by atoms with Crippen LogP contribution in [0.1, 0.15) is 89.0 Å². The number of unbranched alkanes of at least 4 members (excludes halogenated alkanes) is 1. The average Bonchev–Trinajstić information content (AvgIpc) is 0.880. The number of carboxylic acid groups (broad SMARTS) is 1. The van der Waals surface area contributed by atoms with E-state index in [2.05, 4.69) is 74.1 Å². The molecule has 3 rings (SSSR count). The minimum absolute atomic E-state index is 0.0340. The molecule has 2 aliphatic heterocycles. The fourth-order valence-electron chi connectivity index (χ4n) is 9.66. The number of aliphatic hydroxyl groups excluding tert-OH is 4. The number of amides is 14. The van der Waals surface area contributed by atoms with Crippen LogP contribution in [0.4, 0.5) is 0 Å². The number of nitrogens with one attached hydrogen (secondary N) is 13. The third kappa shape index (κ3) is 30.7. The minimum atomic E-state index is -1.93. The van der Waals surface area contributed by atoms with Gasteiger partial charge in [-0.15, -0.1) is 0 Å².